The third-order valence-corrected chi connectivity index (χ3v) is 9.30. The van der Waals surface area contributed by atoms with Crippen LogP contribution in [-0.2, 0) is 11.6 Å². The lowest BCUT2D eigenvalue weighted by Crippen LogP contribution is -2.46. The van der Waals surface area contributed by atoms with Gasteiger partial charge in [-0.1, -0.05) is 43.4 Å². The van der Waals surface area contributed by atoms with Crippen molar-refractivity contribution in [2.45, 2.75) is 45.2 Å². The van der Waals surface area contributed by atoms with Gasteiger partial charge in [-0.3, -0.25) is 5.32 Å². The van der Waals surface area contributed by atoms with E-state index in [0.29, 0.717) is 48.4 Å². The monoisotopic (exact) mass is 609 g/mol. The zero-order valence-electron chi connectivity index (χ0n) is 24.3. The standard InChI is InChI=1S/C32H34F3N5O2S/c1-19(2)17-39-14-12-31(13-15-39)18-40(28-25(41)11-9-21(27(28)31)32(33,34)35)24-7-5-4-6-22(24)36-29(42)38-30-37-23-10-8-20(3)16-26(23)43-30/h4-11,16,19,41H,12-15,17-18H2,1-3H3,(H2,36,37,38,42). The van der Waals surface area contributed by atoms with Gasteiger partial charge in [0.15, 0.2) is 5.13 Å². The first kappa shape index (κ1) is 29.3. The molecule has 1 spiro atoms. The molecule has 1 fully saturated rings. The fourth-order valence-electron chi connectivity index (χ4n) is 6.53. The molecule has 11 heteroatoms. The van der Waals surface area contributed by atoms with Gasteiger partial charge in [-0.15, -0.1) is 0 Å². The second-order valence-electron chi connectivity index (χ2n) is 12.0. The fraction of sp³-hybridized carbons (Fsp3) is 0.375. The molecule has 0 atom stereocenters. The number of hydrogen-bond donors (Lipinski definition) is 3. The van der Waals surface area contributed by atoms with Gasteiger partial charge in [0.25, 0.3) is 0 Å². The molecule has 226 valence electrons. The summed E-state index contributed by atoms with van der Waals surface area (Å²) >= 11 is 1.36. The number of nitrogens with one attached hydrogen (secondary N) is 2. The highest BCUT2D eigenvalue weighted by molar-refractivity contribution is 7.22. The van der Waals surface area contributed by atoms with Crippen molar-refractivity contribution in [2.75, 3.05) is 41.7 Å². The number of alkyl halides is 3. The van der Waals surface area contributed by atoms with Crippen LogP contribution < -0.4 is 15.5 Å². The quantitative estimate of drug-likeness (QED) is 0.213. The Balaban J connectivity index is 1.34. The molecule has 43 heavy (non-hydrogen) atoms. The summed E-state index contributed by atoms with van der Waals surface area (Å²) in [5, 5.41) is 17.2. The van der Waals surface area contributed by atoms with Crippen LogP contribution >= 0.6 is 11.3 Å². The molecule has 3 heterocycles. The van der Waals surface area contributed by atoms with Crippen molar-refractivity contribution >= 4 is 49.8 Å². The summed E-state index contributed by atoms with van der Waals surface area (Å²) in [5.41, 5.74) is 1.57. The van der Waals surface area contributed by atoms with Crippen LogP contribution in [-0.4, -0.2) is 47.2 Å². The second-order valence-corrected chi connectivity index (χ2v) is 13.0. The van der Waals surface area contributed by atoms with Crippen LogP contribution in [0.25, 0.3) is 10.2 Å². The average molecular weight is 610 g/mol. The number of aromatic nitrogens is 1. The molecule has 7 nitrogen and oxygen atoms in total. The number of phenolic OH excluding ortho intramolecular Hbond substituents is 1. The number of fused-ring (bicyclic) bond motifs is 3. The number of para-hydroxylation sites is 2. The Morgan fingerprint density at radius 2 is 1.84 bits per heavy atom. The number of aromatic hydroxyl groups is 1. The van der Waals surface area contributed by atoms with E-state index in [0.717, 1.165) is 34.5 Å². The highest BCUT2D eigenvalue weighted by atomic mass is 32.1. The molecule has 0 saturated carbocycles. The van der Waals surface area contributed by atoms with Crippen molar-refractivity contribution in [3.63, 3.8) is 0 Å². The van der Waals surface area contributed by atoms with Crippen LogP contribution in [0.5, 0.6) is 5.75 Å². The number of hydrogen-bond acceptors (Lipinski definition) is 6. The van der Waals surface area contributed by atoms with Crippen molar-refractivity contribution in [3.8, 4) is 5.75 Å². The molecule has 3 aromatic carbocycles. The number of carbonyl (C=O) groups excluding carboxylic acids is 1. The molecule has 0 bridgehead atoms. The SMILES string of the molecule is Cc1ccc2nc(NC(=O)Nc3ccccc3N3CC4(CCN(CC(C)C)CC4)c4c(C(F)(F)F)ccc(O)c43)sc2c1. The maximum atomic E-state index is 14.5. The van der Waals surface area contributed by atoms with Gasteiger partial charge in [-0.2, -0.15) is 13.2 Å². The number of phenols is 1. The van der Waals surface area contributed by atoms with E-state index in [-0.39, 0.29) is 23.5 Å². The first-order chi connectivity index (χ1) is 20.4. The lowest BCUT2D eigenvalue weighted by atomic mass is 9.72. The topological polar surface area (TPSA) is 80.7 Å². The average Bonchev–Trinajstić information content (AvgIpc) is 3.48. The van der Waals surface area contributed by atoms with Gasteiger partial charge in [0.2, 0.25) is 0 Å². The third-order valence-electron chi connectivity index (χ3n) is 8.37. The first-order valence-electron chi connectivity index (χ1n) is 14.4. The van der Waals surface area contributed by atoms with Gasteiger partial charge in [0.1, 0.15) is 5.75 Å². The molecule has 2 aliphatic rings. The van der Waals surface area contributed by atoms with Crippen LogP contribution in [0.15, 0.2) is 54.6 Å². The first-order valence-corrected chi connectivity index (χ1v) is 15.2. The Labute approximate surface area is 252 Å². The van der Waals surface area contributed by atoms with Crippen LogP contribution in [0.3, 0.4) is 0 Å². The number of nitrogens with zero attached hydrogens (tertiary/aromatic N) is 3. The summed E-state index contributed by atoms with van der Waals surface area (Å²) in [6.07, 6.45) is -3.52. The normalized spacial score (nSPS) is 16.7. The van der Waals surface area contributed by atoms with E-state index in [1.165, 1.54) is 11.3 Å². The molecule has 6 rings (SSSR count). The van der Waals surface area contributed by atoms with E-state index in [9.17, 15) is 23.1 Å². The molecule has 3 N–H and O–H groups in total. The summed E-state index contributed by atoms with van der Waals surface area (Å²) in [7, 11) is 0. The fourth-order valence-corrected chi connectivity index (χ4v) is 7.49. The van der Waals surface area contributed by atoms with E-state index < -0.39 is 23.2 Å². The summed E-state index contributed by atoms with van der Waals surface area (Å²) in [6.45, 7) is 8.74. The second kappa shape index (κ2) is 11.0. The minimum Gasteiger partial charge on any atom is -0.506 e. The predicted molar refractivity (Wildman–Crippen MR) is 166 cm³/mol. The summed E-state index contributed by atoms with van der Waals surface area (Å²) in [5.74, 6) is 0.237. The zero-order chi connectivity index (χ0) is 30.5. The van der Waals surface area contributed by atoms with Gasteiger partial charge >= 0.3 is 12.2 Å². The molecule has 4 aromatic rings. The van der Waals surface area contributed by atoms with Crippen LogP contribution in [0.4, 0.5) is 40.2 Å². The molecule has 2 aliphatic heterocycles. The highest BCUT2D eigenvalue weighted by Gasteiger charge is 2.51. The number of piperidine rings is 1. The number of amides is 2. The van der Waals surface area contributed by atoms with Crippen LogP contribution in [0.2, 0.25) is 0 Å². The maximum Gasteiger partial charge on any atom is 0.416 e. The zero-order valence-corrected chi connectivity index (χ0v) is 25.1. The van der Waals surface area contributed by atoms with Gasteiger partial charge in [-0.05, 0) is 86.3 Å². The number of halogens is 3. The largest absolute Gasteiger partial charge is 0.506 e. The number of rotatable bonds is 5. The number of urea groups is 1. The van der Waals surface area contributed by atoms with Crippen LogP contribution in [0, 0.1) is 12.8 Å². The van der Waals surface area contributed by atoms with Gasteiger partial charge in [-0.25, -0.2) is 9.78 Å². The lowest BCUT2D eigenvalue weighted by Gasteiger charge is -2.41. The molecule has 2 amide bonds. The Hall–Kier alpha value is -3.83. The van der Waals surface area contributed by atoms with Crippen molar-refractivity contribution in [3.05, 3.63) is 71.3 Å². The van der Waals surface area contributed by atoms with Gasteiger partial charge in [0, 0.05) is 18.5 Å². The number of anilines is 4. The van der Waals surface area contributed by atoms with E-state index in [2.05, 4.69) is 34.4 Å². The highest BCUT2D eigenvalue weighted by Crippen LogP contribution is 2.57. The number of benzene rings is 3. The van der Waals surface area contributed by atoms with Gasteiger partial charge in [0.05, 0.1) is 32.8 Å². The third kappa shape index (κ3) is 5.63. The number of thiazole rings is 1. The Morgan fingerprint density at radius 3 is 2.56 bits per heavy atom. The van der Waals surface area contributed by atoms with E-state index in [4.69, 9.17) is 0 Å². The molecular weight excluding hydrogens is 575 g/mol. The van der Waals surface area contributed by atoms with Crippen LogP contribution in [0.1, 0.15) is 43.4 Å². The molecule has 1 saturated heterocycles. The number of likely N-dealkylation sites (tertiary alicyclic amines) is 1. The Morgan fingerprint density at radius 1 is 1.09 bits per heavy atom. The summed E-state index contributed by atoms with van der Waals surface area (Å²) < 4.78 is 44.4. The summed E-state index contributed by atoms with van der Waals surface area (Å²) in [6, 6.07) is 14.4. The van der Waals surface area contributed by atoms with Crippen molar-refractivity contribution < 1.29 is 23.1 Å². The van der Waals surface area contributed by atoms with E-state index >= 15 is 0 Å². The minimum atomic E-state index is -4.58. The Bertz CT molecular complexity index is 1680. The van der Waals surface area contributed by atoms with E-state index in [1.807, 2.05) is 25.1 Å². The maximum absolute atomic E-state index is 14.5. The lowest BCUT2D eigenvalue weighted by molar-refractivity contribution is -0.138. The molecule has 0 radical (unpaired) electrons. The number of aryl methyl sites for hydroxylation is 1. The van der Waals surface area contributed by atoms with Gasteiger partial charge < -0.3 is 20.2 Å². The molecular formula is C32H34F3N5O2S. The van der Waals surface area contributed by atoms with Crippen molar-refractivity contribution in [1.29, 1.82) is 0 Å². The molecule has 0 unspecified atom stereocenters. The molecule has 1 aromatic heterocycles. The van der Waals surface area contributed by atoms with E-state index in [1.54, 1.807) is 29.2 Å². The van der Waals surface area contributed by atoms with Crippen molar-refractivity contribution in [1.82, 2.24) is 9.88 Å². The Kier molecular flexibility index (Phi) is 7.50. The molecule has 0 aliphatic carbocycles. The minimum absolute atomic E-state index is 0.147. The number of carbonyl (C=O) groups is 1. The van der Waals surface area contributed by atoms with Crippen molar-refractivity contribution in [2.24, 2.45) is 5.92 Å². The summed E-state index contributed by atoms with van der Waals surface area (Å²) in [4.78, 5) is 21.7. The predicted octanol–water partition coefficient (Wildman–Crippen LogP) is 8.11. The smallest absolute Gasteiger partial charge is 0.416 e.